The summed E-state index contributed by atoms with van der Waals surface area (Å²) in [4.78, 5) is 40.9. The summed E-state index contributed by atoms with van der Waals surface area (Å²) in [5.41, 5.74) is 5.65. The van der Waals surface area contributed by atoms with Crippen LogP contribution in [-0.2, 0) is 28.0 Å². The molecule has 12 heteroatoms. The molecule has 0 saturated carbocycles. The third kappa shape index (κ3) is 3.48. The van der Waals surface area contributed by atoms with Gasteiger partial charge in [0.15, 0.2) is 18.4 Å². The van der Waals surface area contributed by atoms with Crippen LogP contribution >= 0.6 is 0 Å². The average molecular weight is 338 g/mol. The highest BCUT2D eigenvalue weighted by Crippen LogP contribution is 2.16. The van der Waals surface area contributed by atoms with Crippen LogP contribution in [0.2, 0.25) is 0 Å². The number of anilines is 1. The fraction of sp³-hybridized carbons (Fsp3) is 0.333. The Labute approximate surface area is 134 Å². The molecule has 0 aromatic carbocycles. The second kappa shape index (κ2) is 6.36. The summed E-state index contributed by atoms with van der Waals surface area (Å²) in [5.74, 6) is -4.47. The number of carbonyl (C=O) groups is 3. The first-order valence-corrected chi connectivity index (χ1v) is 6.62. The van der Waals surface area contributed by atoms with E-state index in [9.17, 15) is 19.5 Å². The van der Waals surface area contributed by atoms with Crippen molar-refractivity contribution in [2.45, 2.75) is 19.0 Å². The predicted molar refractivity (Wildman–Crippen MR) is 74.4 cm³/mol. The third-order valence-corrected chi connectivity index (χ3v) is 3.11. The van der Waals surface area contributed by atoms with E-state index in [-0.39, 0.29) is 23.7 Å². The molecule has 1 atom stereocenters. The molecule has 2 rings (SSSR count). The number of hydrogen-bond acceptors (Lipinski definition) is 7. The zero-order chi connectivity index (χ0) is 18.0. The predicted octanol–water partition coefficient (Wildman–Crippen LogP) is -3.04. The van der Waals surface area contributed by atoms with Gasteiger partial charge in [-0.2, -0.15) is 0 Å². The largest absolute Gasteiger partial charge is 0.856 e. The topological polar surface area (TPSA) is 187 Å². The Morgan fingerprint density at radius 2 is 2.08 bits per heavy atom. The smallest absolute Gasteiger partial charge is 0.326 e. The van der Waals surface area contributed by atoms with Gasteiger partial charge in [-0.15, -0.1) is 0 Å². The van der Waals surface area contributed by atoms with Crippen molar-refractivity contribution < 1.29 is 34.3 Å². The maximum Gasteiger partial charge on any atom is 0.326 e. The van der Waals surface area contributed by atoms with Crippen LogP contribution in [-0.4, -0.2) is 48.6 Å². The summed E-state index contributed by atoms with van der Waals surface area (Å²) in [7, 11) is 1.54. The zero-order valence-electron chi connectivity index (χ0n) is 12.5. The van der Waals surface area contributed by atoms with Crippen LogP contribution in [0.15, 0.2) is 6.33 Å². The van der Waals surface area contributed by atoms with Crippen molar-refractivity contribution in [3.8, 4) is 5.88 Å². The first-order valence-electron chi connectivity index (χ1n) is 6.62. The minimum absolute atomic E-state index is 0.107. The van der Waals surface area contributed by atoms with Gasteiger partial charge in [0.1, 0.15) is 6.04 Å². The molecule has 12 nitrogen and oxygen atoms in total. The monoisotopic (exact) mass is 338 g/mol. The average Bonchev–Trinajstić information content (AvgIpc) is 2.73. The summed E-state index contributed by atoms with van der Waals surface area (Å²) < 4.78 is 2.68. The Morgan fingerprint density at radius 1 is 1.42 bits per heavy atom. The van der Waals surface area contributed by atoms with Gasteiger partial charge in [-0.3, -0.25) is 14.2 Å². The highest BCUT2D eigenvalue weighted by molar-refractivity contribution is 5.86. The standard InChI is InChI=1S/C12H14N6O6/c1-17-4-18(9-8(17)10(22)16-12(13)15-9)3-6(19)14-5(11(23)24)2-7(20)21/h4-5H,2-3H2,1H3,(H5-,13,14,15,16,19,20,21,22,23,24)/t5-/m1/s1. The molecule has 1 amide bonds. The number of aliphatic carboxylic acids is 2. The first-order chi connectivity index (χ1) is 11.2. The SMILES string of the molecule is Cn1c[n+](CC(=O)N[C@H](CC(=O)O)C(=O)O)c2nc(N)nc([O-])c21. The van der Waals surface area contributed by atoms with Crippen molar-refractivity contribution in [3.05, 3.63) is 6.33 Å². The van der Waals surface area contributed by atoms with Gasteiger partial charge in [-0.05, 0) is 0 Å². The van der Waals surface area contributed by atoms with E-state index in [0.29, 0.717) is 0 Å². The molecule has 0 aliphatic heterocycles. The molecule has 0 fully saturated rings. The number of carbonyl (C=O) groups excluding carboxylic acids is 1. The Balaban J connectivity index is 2.24. The molecule has 2 heterocycles. The molecule has 2 aromatic rings. The third-order valence-electron chi connectivity index (χ3n) is 3.11. The number of carboxylic acids is 2. The lowest BCUT2D eigenvalue weighted by molar-refractivity contribution is -0.661. The molecule has 0 aliphatic carbocycles. The van der Waals surface area contributed by atoms with Gasteiger partial charge in [0.2, 0.25) is 0 Å². The number of imidazole rings is 1. The highest BCUT2D eigenvalue weighted by atomic mass is 16.4. The van der Waals surface area contributed by atoms with Crippen LogP contribution in [0.25, 0.3) is 11.2 Å². The van der Waals surface area contributed by atoms with Gasteiger partial charge in [0.05, 0.1) is 13.5 Å². The molecule has 0 unspecified atom stereocenters. The van der Waals surface area contributed by atoms with E-state index in [2.05, 4.69) is 15.3 Å². The summed E-state index contributed by atoms with van der Waals surface area (Å²) in [6, 6.07) is -1.57. The number of nitrogen functional groups attached to an aromatic ring is 1. The molecule has 0 aliphatic rings. The van der Waals surface area contributed by atoms with E-state index in [0.717, 1.165) is 0 Å². The van der Waals surface area contributed by atoms with Crippen molar-refractivity contribution in [2.75, 3.05) is 5.73 Å². The molecule has 24 heavy (non-hydrogen) atoms. The van der Waals surface area contributed by atoms with Gasteiger partial charge in [-0.25, -0.2) is 14.3 Å². The van der Waals surface area contributed by atoms with Crippen LogP contribution in [0, 0.1) is 0 Å². The Hall–Kier alpha value is -3.44. The lowest BCUT2D eigenvalue weighted by Crippen LogP contribution is -2.48. The number of fused-ring (bicyclic) bond motifs is 1. The lowest BCUT2D eigenvalue weighted by Gasteiger charge is -2.11. The number of aryl methyl sites for hydroxylation is 1. The van der Waals surface area contributed by atoms with E-state index in [1.807, 2.05) is 0 Å². The second-order valence-corrected chi connectivity index (χ2v) is 4.97. The normalized spacial score (nSPS) is 12.0. The van der Waals surface area contributed by atoms with E-state index in [1.165, 1.54) is 15.5 Å². The Kier molecular flexibility index (Phi) is 4.48. The lowest BCUT2D eigenvalue weighted by atomic mass is 10.2. The number of amides is 1. The maximum absolute atomic E-state index is 12.0. The van der Waals surface area contributed by atoms with Crippen LogP contribution in [0.4, 0.5) is 5.95 Å². The maximum atomic E-state index is 12.0. The fourth-order valence-corrected chi connectivity index (χ4v) is 2.15. The van der Waals surface area contributed by atoms with E-state index >= 15 is 0 Å². The Morgan fingerprint density at radius 3 is 2.67 bits per heavy atom. The van der Waals surface area contributed by atoms with Crippen molar-refractivity contribution in [2.24, 2.45) is 7.05 Å². The molecular formula is C12H14N6O6. The number of nitrogens with two attached hydrogens (primary N) is 1. The van der Waals surface area contributed by atoms with Crippen molar-refractivity contribution >= 4 is 35.0 Å². The number of hydrogen-bond donors (Lipinski definition) is 4. The van der Waals surface area contributed by atoms with Crippen LogP contribution < -0.4 is 20.7 Å². The number of rotatable bonds is 6. The van der Waals surface area contributed by atoms with Crippen molar-refractivity contribution in [1.82, 2.24) is 19.9 Å². The van der Waals surface area contributed by atoms with Crippen LogP contribution in [0.5, 0.6) is 5.88 Å². The Bertz CT molecular complexity index is 831. The highest BCUT2D eigenvalue weighted by Gasteiger charge is 2.25. The van der Waals surface area contributed by atoms with E-state index < -0.39 is 36.2 Å². The van der Waals surface area contributed by atoms with Gasteiger partial charge < -0.3 is 26.4 Å². The number of carboxylic acid groups (broad SMARTS) is 2. The number of nitrogens with zero attached hydrogens (tertiary/aromatic N) is 4. The van der Waals surface area contributed by atoms with Crippen LogP contribution in [0.3, 0.4) is 0 Å². The summed E-state index contributed by atoms with van der Waals surface area (Å²) in [6.07, 6.45) is 0.633. The van der Waals surface area contributed by atoms with Gasteiger partial charge in [0.25, 0.3) is 11.9 Å². The first kappa shape index (κ1) is 16.9. The minimum Gasteiger partial charge on any atom is -0.856 e. The van der Waals surface area contributed by atoms with Gasteiger partial charge in [-0.1, -0.05) is 4.98 Å². The van der Waals surface area contributed by atoms with E-state index in [1.54, 1.807) is 7.05 Å². The molecule has 128 valence electrons. The van der Waals surface area contributed by atoms with Crippen molar-refractivity contribution in [3.63, 3.8) is 0 Å². The zero-order valence-corrected chi connectivity index (χ0v) is 12.5. The van der Waals surface area contributed by atoms with Gasteiger partial charge >= 0.3 is 17.6 Å². The quantitative estimate of drug-likeness (QED) is 0.397. The van der Waals surface area contributed by atoms with E-state index in [4.69, 9.17) is 15.9 Å². The van der Waals surface area contributed by atoms with Crippen LogP contribution in [0.1, 0.15) is 6.42 Å². The molecule has 0 bridgehead atoms. The molecule has 0 spiro atoms. The summed E-state index contributed by atoms with van der Waals surface area (Å²) in [5, 5.41) is 31.5. The number of nitrogens with one attached hydrogen (secondary N) is 1. The molecular weight excluding hydrogens is 324 g/mol. The molecule has 5 N–H and O–H groups in total. The fourth-order valence-electron chi connectivity index (χ4n) is 2.15. The molecule has 0 saturated heterocycles. The minimum atomic E-state index is -1.57. The summed E-state index contributed by atoms with van der Waals surface area (Å²) in [6.45, 7) is -0.378. The second-order valence-electron chi connectivity index (χ2n) is 4.97. The molecule has 2 aromatic heterocycles. The number of aromatic nitrogens is 4. The van der Waals surface area contributed by atoms with Gasteiger partial charge in [0, 0.05) is 5.88 Å². The summed E-state index contributed by atoms with van der Waals surface area (Å²) >= 11 is 0. The molecule has 0 radical (unpaired) electrons. The van der Waals surface area contributed by atoms with Crippen molar-refractivity contribution in [1.29, 1.82) is 0 Å².